The largest absolute Gasteiger partial charge is 0.352 e. The van der Waals surface area contributed by atoms with Gasteiger partial charge < -0.3 is 15.5 Å². The molecule has 1 aliphatic heterocycles. The molecule has 100 valence electrons. The van der Waals surface area contributed by atoms with Crippen molar-refractivity contribution in [2.75, 3.05) is 33.7 Å². The molecular weight excluding hydrogens is 214 g/mol. The summed E-state index contributed by atoms with van der Waals surface area (Å²) in [5, 5.41) is 6.46. The molecule has 0 aromatic rings. The summed E-state index contributed by atoms with van der Waals surface area (Å²) in [6.45, 7) is 7.28. The van der Waals surface area contributed by atoms with Gasteiger partial charge in [0, 0.05) is 19.0 Å². The van der Waals surface area contributed by atoms with Gasteiger partial charge in [0.25, 0.3) is 0 Å². The number of hydrogen-bond acceptors (Lipinski definition) is 3. The van der Waals surface area contributed by atoms with Gasteiger partial charge in [-0.05, 0) is 45.4 Å². The summed E-state index contributed by atoms with van der Waals surface area (Å²) in [6, 6.07) is 0.256. The van der Waals surface area contributed by atoms with Crippen LogP contribution < -0.4 is 10.6 Å². The second-order valence-electron chi connectivity index (χ2n) is 5.74. The molecule has 2 atom stereocenters. The Labute approximate surface area is 105 Å². The predicted octanol–water partition coefficient (Wildman–Crippen LogP) is 0.688. The number of rotatable bonds is 6. The lowest BCUT2D eigenvalue weighted by Crippen LogP contribution is -2.45. The Hall–Kier alpha value is -0.610. The van der Waals surface area contributed by atoms with Crippen LogP contribution in [0.15, 0.2) is 0 Å². The Morgan fingerprint density at radius 3 is 2.65 bits per heavy atom. The molecule has 1 saturated heterocycles. The van der Waals surface area contributed by atoms with E-state index < -0.39 is 0 Å². The third kappa shape index (κ3) is 5.50. The van der Waals surface area contributed by atoms with E-state index in [9.17, 15) is 4.79 Å². The van der Waals surface area contributed by atoms with Crippen LogP contribution in [0.3, 0.4) is 0 Å². The maximum atomic E-state index is 11.9. The summed E-state index contributed by atoms with van der Waals surface area (Å²) < 4.78 is 0. The van der Waals surface area contributed by atoms with Gasteiger partial charge in [-0.2, -0.15) is 0 Å². The van der Waals surface area contributed by atoms with Crippen LogP contribution in [-0.4, -0.2) is 50.6 Å². The summed E-state index contributed by atoms with van der Waals surface area (Å²) in [4.78, 5) is 14.1. The van der Waals surface area contributed by atoms with Gasteiger partial charge in [-0.15, -0.1) is 0 Å². The maximum absolute atomic E-state index is 11.9. The van der Waals surface area contributed by atoms with Crippen LogP contribution in [0, 0.1) is 11.8 Å². The molecule has 1 fully saturated rings. The van der Waals surface area contributed by atoms with Crippen molar-refractivity contribution in [1.29, 1.82) is 0 Å². The van der Waals surface area contributed by atoms with Crippen molar-refractivity contribution in [3.05, 3.63) is 0 Å². The predicted molar refractivity (Wildman–Crippen MR) is 70.9 cm³/mol. The van der Waals surface area contributed by atoms with Crippen LogP contribution in [0.5, 0.6) is 0 Å². The summed E-state index contributed by atoms with van der Waals surface area (Å²) in [7, 11) is 4.09. The van der Waals surface area contributed by atoms with E-state index in [4.69, 9.17) is 0 Å². The number of carbonyl (C=O) groups is 1. The molecule has 2 N–H and O–H groups in total. The quantitative estimate of drug-likeness (QED) is 0.719. The highest BCUT2D eigenvalue weighted by Gasteiger charge is 2.21. The molecule has 0 saturated carbocycles. The van der Waals surface area contributed by atoms with E-state index >= 15 is 0 Å². The highest BCUT2D eigenvalue weighted by Crippen LogP contribution is 2.12. The topological polar surface area (TPSA) is 44.4 Å². The van der Waals surface area contributed by atoms with Crippen LogP contribution in [-0.2, 0) is 4.79 Å². The van der Waals surface area contributed by atoms with Gasteiger partial charge in [0.2, 0.25) is 5.91 Å². The van der Waals surface area contributed by atoms with Gasteiger partial charge in [-0.25, -0.2) is 0 Å². The lowest BCUT2D eigenvalue weighted by molar-refractivity contribution is -0.123. The second-order valence-corrected chi connectivity index (χ2v) is 5.74. The minimum atomic E-state index is 0.208. The first kappa shape index (κ1) is 14.5. The molecule has 0 spiro atoms. The van der Waals surface area contributed by atoms with Crippen molar-refractivity contribution in [3.63, 3.8) is 0 Å². The van der Waals surface area contributed by atoms with Crippen molar-refractivity contribution in [2.45, 2.75) is 32.7 Å². The average molecular weight is 241 g/mol. The van der Waals surface area contributed by atoms with Crippen molar-refractivity contribution in [1.82, 2.24) is 15.5 Å². The summed E-state index contributed by atoms with van der Waals surface area (Å²) in [5.74, 6) is 1.21. The Balaban J connectivity index is 2.34. The zero-order chi connectivity index (χ0) is 12.8. The third-order valence-corrected chi connectivity index (χ3v) is 3.35. The fraction of sp³-hybridized carbons (Fsp3) is 0.923. The van der Waals surface area contributed by atoms with Gasteiger partial charge in [0.15, 0.2) is 0 Å². The average Bonchev–Trinajstić information content (AvgIpc) is 2.68. The zero-order valence-corrected chi connectivity index (χ0v) is 11.6. The molecule has 2 unspecified atom stereocenters. The van der Waals surface area contributed by atoms with E-state index in [1.54, 1.807) is 0 Å². The molecule has 1 heterocycles. The smallest absolute Gasteiger partial charge is 0.220 e. The minimum Gasteiger partial charge on any atom is -0.352 e. The first-order valence-corrected chi connectivity index (χ1v) is 6.64. The van der Waals surface area contributed by atoms with Crippen LogP contribution in [0.25, 0.3) is 0 Å². The first-order valence-electron chi connectivity index (χ1n) is 6.64. The number of hydrogen-bond donors (Lipinski definition) is 2. The number of carbonyl (C=O) groups excluding carboxylic acids is 1. The fourth-order valence-corrected chi connectivity index (χ4v) is 2.23. The van der Waals surface area contributed by atoms with E-state index in [0.29, 0.717) is 18.3 Å². The molecule has 4 heteroatoms. The normalized spacial score (nSPS) is 22.1. The molecule has 4 nitrogen and oxygen atoms in total. The highest BCUT2D eigenvalue weighted by atomic mass is 16.1. The number of nitrogens with one attached hydrogen (secondary N) is 2. The molecule has 17 heavy (non-hydrogen) atoms. The molecule has 1 amide bonds. The molecular formula is C13H27N3O. The highest BCUT2D eigenvalue weighted by molar-refractivity contribution is 5.76. The lowest BCUT2D eigenvalue weighted by atomic mass is 10.0. The summed E-state index contributed by atoms with van der Waals surface area (Å²) in [6.07, 6.45) is 1.80. The van der Waals surface area contributed by atoms with E-state index in [2.05, 4.69) is 29.4 Å². The van der Waals surface area contributed by atoms with E-state index in [0.717, 1.165) is 26.1 Å². The first-order chi connectivity index (χ1) is 7.99. The third-order valence-electron chi connectivity index (χ3n) is 3.35. The van der Waals surface area contributed by atoms with Crippen molar-refractivity contribution in [3.8, 4) is 0 Å². The number of nitrogens with zero attached hydrogens (tertiary/aromatic N) is 1. The zero-order valence-electron chi connectivity index (χ0n) is 11.6. The lowest BCUT2D eigenvalue weighted by Gasteiger charge is -2.26. The van der Waals surface area contributed by atoms with Gasteiger partial charge in [0.05, 0.1) is 0 Å². The monoisotopic (exact) mass is 241 g/mol. The summed E-state index contributed by atoms with van der Waals surface area (Å²) in [5.41, 5.74) is 0. The van der Waals surface area contributed by atoms with Gasteiger partial charge in [-0.1, -0.05) is 13.8 Å². The number of likely N-dealkylation sites (N-methyl/N-ethyl adjacent to an activating group) is 1. The minimum absolute atomic E-state index is 0.208. The van der Waals surface area contributed by atoms with E-state index in [-0.39, 0.29) is 11.9 Å². The van der Waals surface area contributed by atoms with Crippen molar-refractivity contribution >= 4 is 5.91 Å². The van der Waals surface area contributed by atoms with Gasteiger partial charge in [-0.3, -0.25) is 4.79 Å². The van der Waals surface area contributed by atoms with Crippen LogP contribution in [0.1, 0.15) is 26.7 Å². The Kier molecular flexibility index (Phi) is 5.92. The molecule has 0 aromatic carbocycles. The van der Waals surface area contributed by atoms with E-state index in [1.807, 2.05) is 14.1 Å². The van der Waals surface area contributed by atoms with Crippen molar-refractivity contribution < 1.29 is 4.79 Å². The maximum Gasteiger partial charge on any atom is 0.220 e. The Bertz CT molecular complexity index is 235. The molecule has 1 rings (SSSR count). The summed E-state index contributed by atoms with van der Waals surface area (Å²) >= 11 is 0. The van der Waals surface area contributed by atoms with Crippen LogP contribution in [0.2, 0.25) is 0 Å². The number of amides is 1. The molecule has 0 radical (unpaired) electrons. The van der Waals surface area contributed by atoms with E-state index in [1.165, 1.54) is 0 Å². The second kappa shape index (κ2) is 6.97. The van der Waals surface area contributed by atoms with Crippen molar-refractivity contribution in [2.24, 2.45) is 11.8 Å². The molecule has 0 aromatic heterocycles. The molecule has 1 aliphatic rings. The SMILES string of the molecule is CC(C)C(CN(C)C)NC(=O)CC1CCNC1. The standard InChI is InChI=1S/C13H27N3O/c1-10(2)12(9-16(3)4)15-13(17)7-11-5-6-14-8-11/h10-12,14H,5-9H2,1-4H3,(H,15,17). The fourth-order valence-electron chi connectivity index (χ4n) is 2.23. The molecule has 0 aliphatic carbocycles. The Morgan fingerprint density at radius 1 is 1.47 bits per heavy atom. The Morgan fingerprint density at radius 2 is 2.18 bits per heavy atom. The van der Waals surface area contributed by atoms with Crippen LogP contribution >= 0.6 is 0 Å². The van der Waals surface area contributed by atoms with Gasteiger partial charge >= 0.3 is 0 Å². The van der Waals surface area contributed by atoms with Gasteiger partial charge in [0.1, 0.15) is 0 Å². The molecule has 0 bridgehead atoms. The van der Waals surface area contributed by atoms with Crippen LogP contribution in [0.4, 0.5) is 0 Å².